The summed E-state index contributed by atoms with van der Waals surface area (Å²) in [5, 5.41) is 20.8. The second kappa shape index (κ2) is 12.3. The van der Waals surface area contributed by atoms with Crippen LogP contribution in [0.1, 0.15) is 92.4 Å². The molecule has 6 rings (SSSR count). The Kier molecular flexibility index (Phi) is 8.36. The largest absolute Gasteiger partial charge is 0.494 e. The number of carbonyl (C=O) groups excluding carboxylic acids is 1. The summed E-state index contributed by atoms with van der Waals surface area (Å²) >= 11 is 1.78. The number of nitrogens with zero attached hydrogens (tertiary/aromatic N) is 4. The molecule has 3 aliphatic carbocycles. The van der Waals surface area contributed by atoms with Crippen molar-refractivity contribution in [3.8, 4) is 22.3 Å². The molecule has 0 radical (unpaired) electrons. The molecule has 214 valence electrons. The summed E-state index contributed by atoms with van der Waals surface area (Å²) in [6, 6.07) is 14.4. The number of rotatable bonds is 8. The van der Waals surface area contributed by atoms with Crippen LogP contribution in [0.5, 0.6) is 5.75 Å². The van der Waals surface area contributed by atoms with E-state index in [1.807, 2.05) is 23.2 Å². The highest BCUT2D eigenvalue weighted by Gasteiger charge is 2.33. The first kappa shape index (κ1) is 27.9. The molecule has 8 heteroatoms. The van der Waals surface area contributed by atoms with Crippen molar-refractivity contribution in [3.05, 3.63) is 59.0 Å². The van der Waals surface area contributed by atoms with Gasteiger partial charge in [0.25, 0.3) is 0 Å². The standard InChI is InChI=1S/C33H38N4O3S/c1-40-30-16-15-28(36-29(30)18-34)22-7-5-21(6-8-22)20-37(33(39)24-11-13-27(38)14-12-24)26-4-2-3-25(17-26)31-19-35-32(41-31)23-9-10-23/h2-4,15-17,19,21-24,27,38H,5-14,20H2,1H3. The lowest BCUT2D eigenvalue weighted by Crippen LogP contribution is -2.41. The van der Waals surface area contributed by atoms with Crippen LogP contribution < -0.4 is 9.64 Å². The lowest BCUT2D eigenvalue weighted by molar-refractivity contribution is -0.124. The van der Waals surface area contributed by atoms with Crippen molar-refractivity contribution in [1.82, 2.24) is 9.97 Å². The summed E-state index contributed by atoms with van der Waals surface area (Å²) in [5.41, 5.74) is 3.37. The predicted octanol–water partition coefficient (Wildman–Crippen LogP) is 6.82. The number of benzene rings is 1. The molecule has 1 N–H and O–H groups in total. The number of hydrogen-bond donors (Lipinski definition) is 1. The van der Waals surface area contributed by atoms with Gasteiger partial charge in [-0.1, -0.05) is 12.1 Å². The number of aliphatic hydroxyl groups is 1. The molecule has 0 unspecified atom stereocenters. The first-order valence-electron chi connectivity index (χ1n) is 15.0. The third kappa shape index (κ3) is 6.32. The maximum Gasteiger partial charge on any atom is 0.230 e. The molecule has 0 atom stereocenters. The van der Waals surface area contributed by atoms with Crippen molar-refractivity contribution in [2.75, 3.05) is 18.6 Å². The van der Waals surface area contributed by atoms with Crippen molar-refractivity contribution < 1.29 is 14.6 Å². The number of anilines is 1. The minimum absolute atomic E-state index is 0.0452. The molecular weight excluding hydrogens is 532 g/mol. The fourth-order valence-electron chi connectivity index (χ4n) is 6.47. The molecule has 0 spiro atoms. The van der Waals surface area contributed by atoms with Gasteiger partial charge in [0.05, 0.1) is 23.1 Å². The van der Waals surface area contributed by atoms with Crippen molar-refractivity contribution in [1.29, 1.82) is 5.26 Å². The van der Waals surface area contributed by atoms with Crippen LogP contribution in [0, 0.1) is 23.2 Å². The van der Waals surface area contributed by atoms with Gasteiger partial charge in [-0.3, -0.25) is 4.79 Å². The highest BCUT2D eigenvalue weighted by atomic mass is 32.1. The van der Waals surface area contributed by atoms with Crippen LogP contribution in [0.25, 0.3) is 10.4 Å². The molecule has 2 aromatic heterocycles. The molecule has 3 aliphatic rings. The number of hydrogen-bond acceptors (Lipinski definition) is 7. The summed E-state index contributed by atoms with van der Waals surface area (Å²) in [5.74, 6) is 1.99. The normalized spacial score (nSPS) is 24.4. The number of carbonyl (C=O) groups is 1. The molecule has 7 nitrogen and oxygen atoms in total. The predicted molar refractivity (Wildman–Crippen MR) is 160 cm³/mol. The number of pyridine rings is 1. The first-order valence-corrected chi connectivity index (χ1v) is 15.8. The lowest BCUT2D eigenvalue weighted by Gasteiger charge is -2.35. The van der Waals surface area contributed by atoms with Crippen LogP contribution in [0.15, 0.2) is 42.6 Å². The van der Waals surface area contributed by atoms with Gasteiger partial charge in [0.2, 0.25) is 5.91 Å². The molecule has 3 aromatic rings. The molecule has 2 heterocycles. The quantitative estimate of drug-likeness (QED) is 0.319. The molecule has 1 aromatic carbocycles. The van der Waals surface area contributed by atoms with Crippen LogP contribution >= 0.6 is 11.3 Å². The van der Waals surface area contributed by atoms with Gasteiger partial charge in [0.1, 0.15) is 6.07 Å². The maximum absolute atomic E-state index is 14.0. The zero-order valence-corrected chi connectivity index (χ0v) is 24.5. The second-order valence-electron chi connectivity index (χ2n) is 12.0. The van der Waals surface area contributed by atoms with E-state index in [-0.39, 0.29) is 17.9 Å². The molecule has 0 bridgehead atoms. The number of amides is 1. The zero-order valence-electron chi connectivity index (χ0n) is 23.7. The van der Waals surface area contributed by atoms with Crippen LogP contribution in [0.2, 0.25) is 0 Å². The average molecular weight is 571 g/mol. The van der Waals surface area contributed by atoms with Gasteiger partial charge in [-0.15, -0.1) is 11.3 Å². The number of thiazole rings is 1. The number of ether oxygens (including phenoxy) is 1. The Morgan fingerprint density at radius 3 is 2.51 bits per heavy atom. The van der Waals surface area contributed by atoms with Gasteiger partial charge < -0.3 is 14.7 Å². The summed E-state index contributed by atoms with van der Waals surface area (Å²) in [7, 11) is 1.56. The Morgan fingerprint density at radius 1 is 1.05 bits per heavy atom. The summed E-state index contributed by atoms with van der Waals surface area (Å²) in [6.45, 7) is 0.698. The lowest BCUT2D eigenvalue weighted by atomic mass is 9.79. The third-order valence-corrected chi connectivity index (χ3v) is 10.3. The second-order valence-corrected chi connectivity index (χ2v) is 13.0. The number of aliphatic hydroxyl groups excluding tert-OH is 1. The Balaban J connectivity index is 1.19. The maximum atomic E-state index is 14.0. The van der Waals surface area contributed by atoms with Crippen LogP contribution in [0.3, 0.4) is 0 Å². The first-order chi connectivity index (χ1) is 20.0. The Morgan fingerprint density at radius 2 is 1.80 bits per heavy atom. The Labute approximate surface area is 246 Å². The minimum atomic E-state index is -0.286. The van der Waals surface area contributed by atoms with Gasteiger partial charge in [-0.2, -0.15) is 5.26 Å². The fourth-order valence-corrected chi connectivity index (χ4v) is 7.55. The van der Waals surface area contributed by atoms with Gasteiger partial charge in [-0.25, -0.2) is 9.97 Å². The van der Waals surface area contributed by atoms with Gasteiger partial charge >= 0.3 is 0 Å². The molecule has 0 aliphatic heterocycles. The number of methoxy groups -OCH3 is 1. The van der Waals surface area contributed by atoms with Crippen LogP contribution in [-0.2, 0) is 4.79 Å². The van der Waals surface area contributed by atoms with E-state index < -0.39 is 0 Å². The van der Waals surface area contributed by atoms with E-state index in [0.717, 1.165) is 60.3 Å². The number of aromatic nitrogens is 2. The molecule has 3 saturated carbocycles. The van der Waals surface area contributed by atoms with Crippen molar-refractivity contribution >= 4 is 22.9 Å². The Bertz CT molecular complexity index is 1410. The highest BCUT2D eigenvalue weighted by Crippen LogP contribution is 2.44. The van der Waals surface area contributed by atoms with Crippen LogP contribution in [0.4, 0.5) is 5.69 Å². The summed E-state index contributed by atoms with van der Waals surface area (Å²) in [6.07, 6.45) is 11.0. The summed E-state index contributed by atoms with van der Waals surface area (Å²) in [4.78, 5) is 26.5. The average Bonchev–Trinajstić information content (AvgIpc) is 3.75. The highest BCUT2D eigenvalue weighted by molar-refractivity contribution is 7.15. The fraction of sp³-hybridized carbons (Fsp3) is 0.515. The molecular formula is C33H38N4O3S. The Hall–Kier alpha value is -3.28. The number of nitriles is 1. The smallest absolute Gasteiger partial charge is 0.230 e. The molecule has 3 fully saturated rings. The van der Waals surface area contributed by atoms with Crippen molar-refractivity contribution in [2.45, 2.75) is 82.1 Å². The van der Waals surface area contributed by atoms with E-state index in [4.69, 9.17) is 4.74 Å². The van der Waals surface area contributed by atoms with E-state index in [9.17, 15) is 15.2 Å². The van der Waals surface area contributed by atoms with Crippen molar-refractivity contribution in [2.24, 2.45) is 11.8 Å². The van der Waals surface area contributed by atoms with Gasteiger partial charge in [0, 0.05) is 41.9 Å². The van der Waals surface area contributed by atoms with Crippen molar-refractivity contribution in [3.63, 3.8) is 0 Å². The van der Waals surface area contributed by atoms with E-state index in [1.54, 1.807) is 18.4 Å². The monoisotopic (exact) mass is 570 g/mol. The summed E-state index contributed by atoms with van der Waals surface area (Å²) < 4.78 is 5.27. The molecule has 0 saturated heterocycles. The topological polar surface area (TPSA) is 99.3 Å². The van der Waals surface area contributed by atoms with E-state index >= 15 is 0 Å². The zero-order chi connectivity index (χ0) is 28.3. The van der Waals surface area contributed by atoms with E-state index in [2.05, 4.69) is 40.3 Å². The molecule has 41 heavy (non-hydrogen) atoms. The SMILES string of the molecule is COc1ccc(C2CCC(CN(C(=O)C3CCC(O)CC3)c3cccc(-c4cnc(C5CC5)s4)c3)CC2)nc1C#N. The van der Waals surface area contributed by atoms with E-state index in [0.29, 0.717) is 48.6 Å². The van der Waals surface area contributed by atoms with Gasteiger partial charge in [0.15, 0.2) is 11.4 Å². The third-order valence-electron chi connectivity index (χ3n) is 9.12. The van der Waals surface area contributed by atoms with E-state index in [1.165, 1.54) is 17.8 Å². The van der Waals surface area contributed by atoms with Crippen LogP contribution in [-0.4, -0.2) is 40.7 Å². The molecule has 1 amide bonds. The minimum Gasteiger partial charge on any atom is -0.494 e. The van der Waals surface area contributed by atoms with Gasteiger partial charge in [-0.05, 0) is 100.0 Å².